The van der Waals surface area contributed by atoms with Crippen LogP contribution in [0.3, 0.4) is 0 Å². The first kappa shape index (κ1) is 11.4. The van der Waals surface area contributed by atoms with Crippen LogP contribution in [0.15, 0.2) is 0 Å². The number of carboxylic acids is 1. The van der Waals surface area contributed by atoms with E-state index in [2.05, 4.69) is 5.32 Å². The Hall–Kier alpha value is -0.610. The van der Waals surface area contributed by atoms with Gasteiger partial charge < -0.3 is 15.2 Å². The van der Waals surface area contributed by atoms with Gasteiger partial charge in [-0.1, -0.05) is 0 Å². The molecular weight excluding hydrogens is 158 g/mol. The summed E-state index contributed by atoms with van der Waals surface area (Å²) in [6, 6.07) is 0. The van der Waals surface area contributed by atoms with Crippen molar-refractivity contribution >= 4 is 5.97 Å². The molecule has 72 valence electrons. The zero-order chi connectivity index (χ0) is 9.61. The summed E-state index contributed by atoms with van der Waals surface area (Å²) in [6.07, 6.45) is 0.122. The van der Waals surface area contributed by atoms with Gasteiger partial charge in [-0.3, -0.25) is 4.79 Å². The molecule has 0 amide bonds. The number of carbonyl (C=O) groups is 1. The maximum atomic E-state index is 10.4. The molecule has 0 aliphatic rings. The molecule has 0 aliphatic carbocycles. The van der Waals surface area contributed by atoms with E-state index < -0.39 is 5.97 Å². The van der Waals surface area contributed by atoms with Crippen LogP contribution < -0.4 is 5.32 Å². The summed E-state index contributed by atoms with van der Waals surface area (Å²) in [5.74, 6) is -0.787. The van der Waals surface area contributed by atoms with Gasteiger partial charge in [-0.05, 0) is 13.8 Å². The third-order valence-corrected chi connectivity index (χ3v) is 1.50. The highest BCUT2D eigenvalue weighted by molar-refractivity contribution is 5.68. The zero-order valence-electron chi connectivity index (χ0n) is 7.89. The lowest BCUT2D eigenvalue weighted by atomic mass is 10.0. The predicted octanol–water partition coefficient (Wildman–Crippen LogP) is 0.476. The van der Waals surface area contributed by atoms with Crippen molar-refractivity contribution in [2.75, 3.05) is 20.3 Å². The fourth-order valence-electron chi connectivity index (χ4n) is 0.932. The second-order valence-electron chi connectivity index (χ2n) is 3.37. The molecule has 4 nitrogen and oxygen atoms in total. The number of ether oxygens (including phenoxy) is 1. The summed E-state index contributed by atoms with van der Waals surface area (Å²) in [5, 5.41) is 11.6. The minimum Gasteiger partial charge on any atom is -0.481 e. The minimum atomic E-state index is -0.787. The van der Waals surface area contributed by atoms with Crippen LogP contribution in [-0.4, -0.2) is 36.9 Å². The van der Waals surface area contributed by atoms with Crippen LogP contribution in [0.25, 0.3) is 0 Å². The average molecular weight is 175 g/mol. The first-order valence-corrected chi connectivity index (χ1v) is 3.94. The molecule has 0 rings (SSSR count). The number of aliphatic carboxylic acids is 1. The first-order valence-electron chi connectivity index (χ1n) is 3.94. The molecule has 0 unspecified atom stereocenters. The summed E-state index contributed by atoms with van der Waals surface area (Å²) >= 11 is 0. The van der Waals surface area contributed by atoms with Crippen molar-refractivity contribution in [3.63, 3.8) is 0 Å². The Morgan fingerprint density at radius 3 is 2.58 bits per heavy atom. The van der Waals surface area contributed by atoms with Crippen LogP contribution in [0, 0.1) is 0 Å². The lowest BCUT2D eigenvalue weighted by Crippen LogP contribution is -2.42. The third kappa shape index (κ3) is 6.12. The van der Waals surface area contributed by atoms with Crippen LogP contribution in [0.2, 0.25) is 0 Å². The molecule has 0 aromatic carbocycles. The molecule has 2 N–H and O–H groups in total. The Kier molecular flexibility index (Phi) is 4.85. The van der Waals surface area contributed by atoms with Crippen molar-refractivity contribution in [3.05, 3.63) is 0 Å². The van der Waals surface area contributed by atoms with Crippen molar-refractivity contribution in [1.82, 2.24) is 5.32 Å². The molecule has 0 aliphatic heterocycles. The summed E-state index contributed by atoms with van der Waals surface area (Å²) in [4.78, 5) is 10.4. The van der Waals surface area contributed by atoms with Crippen LogP contribution in [-0.2, 0) is 9.53 Å². The molecule has 0 saturated heterocycles. The minimum absolute atomic E-state index is 0.122. The quantitative estimate of drug-likeness (QED) is 0.576. The number of rotatable bonds is 6. The second-order valence-corrected chi connectivity index (χ2v) is 3.37. The third-order valence-electron chi connectivity index (χ3n) is 1.50. The normalized spacial score (nSPS) is 11.6. The number of hydrogen-bond acceptors (Lipinski definition) is 3. The average Bonchev–Trinajstić information content (AvgIpc) is 1.84. The van der Waals surface area contributed by atoms with Gasteiger partial charge in [-0.25, -0.2) is 0 Å². The van der Waals surface area contributed by atoms with Crippen molar-refractivity contribution in [3.8, 4) is 0 Å². The van der Waals surface area contributed by atoms with E-state index in [1.54, 1.807) is 7.11 Å². The van der Waals surface area contributed by atoms with Crippen molar-refractivity contribution in [2.24, 2.45) is 0 Å². The number of hydrogen-bond donors (Lipinski definition) is 2. The Morgan fingerprint density at radius 1 is 1.58 bits per heavy atom. The number of methoxy groups -OCH3 is 1. The van der Waals surface area contributed by atoms with E-state index in [-0.39, 0.29) is 12.0 Å². The topological polar surface area (TPSA) is 58.6 Å². The molecule has 0 radical (unpaired) electrons. The van der Waals surface area contributed by atoms with E-state index in [1.165, 1.54) is 0 Å². The van der Waals surface area contributed by atoms with Crippen molar-refractivity contribution in [2.45, 2.75) is 25.8 Å². The lowest BCUT2D eigenvalue weighted by molar-refractivity contribution is -0.138. The molecule has 0 aromatic rings. The van der Waals surface area contributed by atoms with E-state index >= 15 is 0 Å². The highest BCUT2D eigenvalue weighted by atomic mass is 16.5. The van der Waals surface area contributed by atoms with Crippen LogP contribution in [0.1, 0.15) is 20.3 Å². The van der Waals surface area contributed by atoms with Gasteiger partial charge in [-0.2, -0.15) is 0 Å². The van der Waals surface area contributed by atoms with Crippen LogP contribution >= 0.6 is 0 Å². The fourth-order valence-corrected chi connectivity index (χ4v) is 0.932. The highest BCUT2D eigenvalue weighted by Gasteiger charge is 2.19. The fraction of sp³-hybridized carbons (Fsp3) is 0.875. The summed E-state index contributed by atoms with van der Waals surface area (Å²) < 4.78 is 4.83. The summed E-state index contributed by atoms with van der Waals surface area (Å²) in [5.41, 5.74) is -0.357. The van der Waals surface area contributed by atoms with E-state index in [0.717, 1.165) is 0 Å². The molecule has 0 heterocycles. The smallest absolute Gasteiger partial charge is 0.305 e. The van der Waals surface area contributed by atoms with Crippen molar-refractivity contribution < 1.29 is 14.6 Å². The van der Waals surface area contributed by atoms with Gasteiger partial charge in [0.15, 0.2) is 0 Å². The maximum Gasteiger partial charge on any atom is 0.305 e. The van der Waals surface area contributed by atoms with Gasteiger partial charge in [0.2, 0.25) is 0 Å². The molecule has 12 heavy (non-hydrogen) atoms. The standard InChI is InChI=1S/C8H17NO3/c1-8(2,6-7(10)11)9-4-5-12-3/h9H,4-6H2,1-3H3,(H,10,11). The van der Waals surface area contributed by atoms with Gasteiger partial charge in [0.25, 0.3) is 0 Å². The molecule has 0 aromatic heterocycles. The van der Waals surface area contributed by atoms with Gasteiger partial charge in [0.1, 0.15) is 0 Å². The summed E-state index contributed by atoms with van der Waals surface area (Å²) in [7, 11) is 1.62. The van der Waals surface area contributed by atoms with E-state index in [0.29, 0.717) is 13.2 Å². The molecule has 4 heteroatoms. The highest BCUT2D eigenvalue weighted by Crippen LogP contribution is 2.06. The van der Waals surface area contributed by atoms with Crippen LogP contribution in [0.4, 0.5) is 0 Å². The maximum absolute atomic E-state index is 10.4. The monoisotopic (exact) mass is 175 g/mol. The molecule has 0 atom stereocenters. The number of carboxylic acid groups (broad SMARTS) is 1. The van der Waals surface area contributed by atoms with Crippen LogP contribution in [0.5, 0.6) is 0 Å². The van der Waals surface area contributed by atoms with Gasteiger partial charge in [0.05, 0.1) is 13.0 Å². The number of nitrogens with one attached hydrogen (secondary N) is 1. The van der Waals surface area contributed by atoms with Gasteiger partial charge in [-0.15, -0.1) is 0 Å². The Labute approximate surface area is 72.9 Å². The first-order chi connectivity index (χ1) is 5.48. The van der Waals surface area contributed by atoms with E-state index in [4.69, 9.17) is 9.84 Å². The van der Waals surface area contributed by atoms with E-state index in [9.17, 15) is 4.79 Å². The molecule has 0 bridgehead atoms. The van der Waals surface area contributed by atoms with E-state index in [1.807, 2.05) is 13.8 Å². The lowest BCUT2D eigenvalue weighted by Gasteiger charge is -2.23. The Bertz CT molecular complexity index is 145. The van der Waals surface area contributed by atoms with Crippen molar-refractivity contribution in [1.29, 1.82) is 0 Å². The zero-order valence-corrected chi connectivity index (χ0v) is 7.89. The summed E-state index contributed by atoms with van der Waals surface area (Å²) in [6.45, 7) is 4.99. The Morgan fingerprint density at radius 2 is 2.17 bits per heavy atom. The second kappa shape index (κ2) is 5.11. The van der Waals surface area contributed by atoms with Gasteiger partial charge in [0, 0.05) is 19.2 Å². The molecule has 0 saturated carbocycles. The predicted molar refractivity (Wildman–Crippen MR) is 46.2 cm³/mol. The molecular formula is C8H17NO3. The molecule has 0 spiro atoms. The largest absolute Gasteiger partial charge is 0.481 e. The Balaban J connectivity index is 3.63. The SMILES string of the molecule is COCCNC(C)(C)CC(=O)O. The van der Waals surface area contributed by atoms with Gasteiger partial charge >= 0.3 is 5.97 Å². The molecule has 0 fully saturated rings.